The molecule has 0 aliphatic carbocycles. The predicted molar refractivity (Wildman–Crippen MR) is 76.5 cm³/mol. The zero-order chi connectivity index (χ0) is 14.0. The molecule has 0 saturated carbocycles. The van der Waals surface area contributed by atoms with Crippen molar-refractivity contribution in [3.8, 4) is 11.5 Å². The monoisotopic (exact) mass is 281 g/mol. The van der Waals surface area contributed by atoms with Crippen LogP contribution in [0.3, 0.4) is 0 Å². The largest absolute Gasteiger partial charge is 0.493 e. The third-order valence-electron chi connectivity index (χ3n) is 4.59. The maximum Gasteiger partial charge on any atom is 0.127 e. The molecule has 0 radical (unpaired) electrons. The quantitative estimate of drug-likeness (QED) is 0.742. The number of hydrogen-bond acceptors (Lipinski definition) is 3. The van der Waals surface area contributed by atoms with Gasteiger partial charge in [0.15, 0.2) is 0 Å². The summed E-state index contributed by atoms with van der Waals surface area (Å²) in [6.07, 6.45) is 2.82. The van der Waals surface area contributed by atoms with Crippen molar-refractivity contribution >= 4 is 11.9 Å². The van der Waals surface area contributed by atoms with Gasteiger partial charge in [0.2, 0.25) is 0 Å². The minimum absolute atomic E-state index is 0.260. The Hall–Kier alpha value is -2.36. The highest BCUT2D eigenvalue weighted by atomic mass is 19.1. The van der Waals surface area contributed by atoms with Gasteiger partial charge in [0.25, 0.3) is 0 Å². The van der Waals surface area contributed by atoms with Crippen LogP contribution >= 0.6 is 0 Å². The van der Waals surface area contributed by atoms with Crippen molar-refractivity contribution in [1.82, 2.24) is 0 Å². The van der Waals surface area contributed by atoms with Crippen LogP contribution < -0.4 is 9.47 Å². The van der Waals surface area contributed by atoms with Crippen molar-refractivity contribution in [2.24, 2.45) is 4.99 Å². The van der Waals surface area contributed by atoms with Gasteiger partial charge in [-0.3, -0.25) is 4.99 Å². The summed E-state index contributed by atoms with van der Waals surface area (Å²) in [6, 6.07) is 8.93. The van der Waals surface area contributed by atoms with Crippen LogP contribution in [0.4, 0.5) is 10.1 Å². The van der Waals surface area contributed by atoms with E-state index in [1.807, 2.05) is 18.3 Å². The third-order valence-corrected chi connectivity index (χ3v) is 4.59. The summed E-state index contributed by atoms with van der Waals surface area (Å²) < 4.78 is 24.9. The van der Waals surface area contributed by atoms with E-state index in [1.54, 1.807) is 0 Å². The average Bonchev–Trinajstić information content (AvgIpc) is 3.16. The summed E-state index contributed by atoms with van der Waals surface area (Å²) >= 11 is 0. The SMILES string of the molecule is Fc1ccc2c(c1)N=CC21COc2cc3c(cc21)CCO3. The fourth-order valence-corrected chi connectivity index (χ4v) is 3.51. The second-order valence-corrected chi connectivity index (χ2v) is 5.73. The highest BCUT2D eigenvalue weighted by molar-refractivity contribution is 5.91. The van der Waals surface area contributed by atoms with Gasteiger partial charge in [-0.05, 0) is 29.3 Å². The molecule has 1 spiro atoms. The van der Waals surface area contributed by atoms with Crippen LogP contribution in [0.15, 0.2) is 35.3 Å². The van der Waals surface area contributed by atoms with E-state index in [0.717, 1.165) is 35.7 Å². The topological polar surface area (TPSA) is 30.8 Å². The molecule has 2 aromatic carbocycles. The first-order valence-electron chi connectivity index (χ1n) is 7.04. The van der Waals surface area contributed by atoms with Gasteiger partial charge in [-0.15, -0.1) is 0 Å². The van der Waals surface area contributed by atoms with Crippen LogP contribution in [0.2, 0.25) is 0 Å². The fraction of sp³-hybridized carbons (Fsp3) is 0.235. The Labute approximate surface area is 121 Å². The van der Waals surface area contributed by atoms with Gasteiger partial charge in [-0.25, -0.2) is 4.39 Å². The van der Waals surface area contributed by atoms with Crippen molar-refractivity contribution in [3.05, 3.63) is 52.8 Å². The lowest BCUT2D eigenvalue weighted by molar-refractivity contribution is 0.323. The van der Waals surface area contributed by atoms with Crippen LogP contribution in [0.25, 0.3) is 0 Å². The van der Waals surface area contributed by atoms with Crippen molar-refractivity contribution in [2.75, 3.05) is 13.2 Å². The second kappa shape index (κ2) is 3.64. The van der Waals surface area contributed by atoms with E-state index in [4.69, 9.17) is 9.47 Å². The molecule has 3 nitrogen and oxygen atoms in total. The molecule has 3 aliphatic heterocycles. The van der Waals surface area contributed by atoms with E-state index >= 15 is 0 Å². The van der Waals surface area contributed by atoms with Gasteiger partial charge in [0.1, 0.15) is 23.9 Å². The van der Waals surface area contributed by atoms with Gasteiger partial charge in [-0.2, -0.15) is 0 Å². The Morgan fingerprint density at radius 1 is 1.05 bits per heavy atom. The standard InChI is InChI=1S/C17H12FNO2/c18-11-1-2-12-14(6-11)19-8-17(12)9-21-16-7-15-10(3-4-20-15)5-13(16)17/h1-2,5-8H,3-4,9H2. The Kier molecular flexibility index (Phi) is 1.96. The summed E-state index contributed by atoms with van der Waals surface area (Å²) in [7, 11) is 0. The third kappa shape index (κ3) is 1.35. The molecule has 21 heavy (non-hydrogen) atoms. The maximum atomic E-state index is 13.4. The first-order valence-corrected chi connectivity index (χ1v) is 7.04. The summed E-state index contributed by atoms with van der Waals surface area (Å²) in [6.45, 7) is 1.23. The molecule has 0 aromatic heterocycles. The van der Waals surface area contributed by atoms with Gasteiger partial charge in [0.05, 0.1) is 17.7 Å². The van der Waals surface area contributed by atoms with E-state index < -0.39 is 0 Å². The molecule has 1 atom stereocenters. The fourth-order valence-electron chi connectivity index (χ4n) is 3.51. The molecule has 3 aliphatic rings. The van der Waals surface area contributed by atoms with Crippen LogP contribution in [-0.2, 0) is 11.8 Å². The normalized spacial score (nSPS) is 23.7. The lowest BCUT2D eigenvalue weighted by Gasteiger charge is -2.20. The number of halogens is 1. The van der Waals surface area contributed by atoms with Gasteiger partial charge in [-0.1, -0.05) is 6.07 Å². The second-order valence-electron chi connectivity index (χ2n) is 5.73. The number of nitrogens with zero attached hydrogens (tertiary/aromatic N) is 1. The summed E-state index contributed by atoms with van der Waals surface area (Å²) in [4.78, 5) is 4.41. The van der Waals surface area contributed by atoms with Crippen molar-refractivity contribution < 1.29 is 13.9 Å². The highest BCUT2D eigenvalue weighted by Crippen LogP contribution is 2.50. The molecule has 0 fully saturated rings. The minimum atomic E-state index is -0.379. The summed E-state index contributed by atoms with van der Waals surface area (Å²) in [5.74, 6) is 1.50. The minimum Gasteiger partial charge on any atom is -0.493 e. The Balaban J connectivity index is 1.74. The number of aliphatic imine (C=N–C) groups is 1. The van der Waals surface area contributed by atoms with E-state index in [2.05, 4.69) is 11.1 Å². The number of ether oxygens (including phenoxy) is 2. The first-order chi connectivity index (χ1) is 10.3. The smallest absolute Gasteiger partial charge is 0.127 e. The molecular weight excluding hydrogens is 269 g/mol. The summed E-state index contributed by atoms with van der Waals surface area (Å²) in [5, 5.41) is 0. The molecule has 0 N–H and O–H groups in total. The molecule has 2 aromatic rings. The maximum absolute atomic E-state index is 13.4. The molecule has 1 unspecified atom stereocenters. The lowest BCUT2D eigenvalue weighted by atomic mass is 9.77. The molecule has 4 heteroatoms. The van der Waals surface area contributed by atoms with E-state index in [9.17, 15) is 4.39 Å². The molecular formula is C17H12FNO2. The van der Waals surface area contributed by atoms with Gasteiger partial charge >= 0.3 is 0 Å². The van der Waals surface area contributed by atoms with E-state index in [1.165, 1.54) is 17.7 Å². The van der Waals surface area contributed by atoms with Crippen LogP contribution in [-0.4, -0.2) is 19.4 Å². The van der Waals surface area contributed by atoms with E-state index in [0.29, 0.717) is 12.3 Å². The number of rotatable bonds is 0. The van der Waals surface area contributed by atoms with Crippen molar-refractivity contribution in [2.45, 2.75) is 11.8 Å². The molecule has 3 heterocycles. The Morgan fingerprint density at radius 2 is 2.00 bits per heavy atom. The zero-order valence-corrected chi connectivity index (χ0v) is 11.2. The molecule has 0 bridgehead atoms. The van der Waals surface area contributed by atoms with Crippen molar-refractivity contribution in [1.29, 1.82) is 0 Å². The van der Waals surface area contributed by atoms with E-state index in [-0.39, 0.29) is 11.2 Å². The molecule has 5 rings (SSSR count). The first kappa shape index (κ1) is 11.3. The number of fused-ring (bicyclic) bond motifs is 5. The molecule has 0 amide bonds. The molecule has 104 valence electrons. The summed E-state index contributed by atoms with van der Waals surface area (Å²) in [5.41, 5.74) is 3.66. The highest BCUT2D eigenvalue weighted by Gasteiger charge is 2.46. The molecule has 0 saturated heterocycles. The zero-order valence-electron chi connectivity index (χ0n) is 11.2. The van der Waals surface area contributed by atoms with Crippen LogP contribution in [0.5, 0.6) is 11.5 Å². The lowest BCUT2D eigenvalue weighted by Crippen LogP contribution is -2.28. The number of benzene rings is 2. The van der Waals surface area contributed by atoms with Gasteiger partial charge < -0.3 is 9.47 Å². The Morgan fingerprint density at radius 3 is 2.95 bits per heavy atom. The van der Waals surface area contributed by atoms with Gasteiger partial charge in [0, 0.05) is 24.3 Å². The average molecular weight is 281 g/mol. The Bertz CT molecular complexity index is 815. The van der Waals surface area contributed by atoms with Crippen LogP contribution in [0.1, 0.15) is 16.7 Å². The predicted octanol–water partition coefficient (Wildman–Crippen LogP) is 3.16. The number of hydrogen-bond donors (Lipinski definition) is 0. The van der Waals surface area contributed by atoms with Crippen LogP contribution in [0, 0.1) is 5.82 Å². The van der Waals surface area contributed by atoms with Crippen molar-refractivity contribution in [3.63, 3.8) is 0 Å².